The third-order valence-corrected chi connectivity index (χ3v) is 3.12. The number of aryl methyl sites for hydroxylation is 3. The van der Waals surface area contributed by atoms with E-state index < -0.39 is 6.43 Å². The van der Waals surface area contributed by atoms with Gasteiger partial charge in [0, 0.05) is 24.9 Å². The summed E-state index contributed by atoms with van der Waals surface area (Å²) in [4.78, 5) is 8.08. The van der Waals surface area contributed by atoms with E-state index >= 15 is 0 Å². The first-order chi connectivity index (χ1) is 10.9. The minimum atomic E-state index is -2.72. The highest BCUT2D eigenvalue weighted by atomic mass is 19.3. The first-order valence-electron chi connectivity index (χ1n) is 6.80. The highest BCUT2D eigenvalue weighted by molar-refractivity contribution is 5.63. The topological polar surface area (TPSA) is 81.7 Å². The van der Waals surface area contributed by atoms with E-state index in [0.29, 0.717) is 22.6 Å². The fraction of sp³-hybridized carbons (Fsp3) is 0.286. The molecule has 0 saturated heterocycles. The molecular weight excluding hydrogens is 306 g/mol. The Morgan fingerprint density at radius 2 is 2.00 bits per heavy atom. The Bertz CT molecular complexity index is 842. The Labute approximate surface area is 130 Å². The molecule has 23 heavy (non-hydrogen) atoms. The number of aromatic nitrogens is 5. The largest absolute Gasteiger partial charge is 0.338 e. The molecule has 7 nitrogen and oxygen atoms in total. The smallest absolute Gasteiger partial charge is 0.280 e. The quantitative estimate of drug-likeness (QED) is 0.795. The van der Waals surface area contributed by atoms with Gasteiger partial charge >= 0.3 is 0 Å². The van der Waals surface area contributed by atoms with Crippen LogP contribution in [-0.2, 0) is 7.05 Å². The van der Waals surface area contributed by atoms with E-state index in [9.17, 15) is 8.78 Å². The Hall–Kier alpha value is -2.84. The number of nitrogens with one attached hydrogen (secondary N) is 1. The van der Waals surface area contributed by atoms with Gasteiger partial charge in [0.2, 0.25) is 11.8 Å². The van der Waals surface area contributed by atoms with Gasteiger partial charge < -0.3 is 4.52 Å². The maximum absolute atomic E-state index is 13.1. The molecule has 3 aromatic heterocycles. The summed E-state index contributed by atoms with van der Waals surface area (Å²) in [5.41, 5.74) is 1.99. The third-order valence-electron chi connectivity index (χ3n) is 3.12. The summed E-state index contributed by atoms with van der Waals surface area (Å²) in [6.45, 7) is 3.53. The van der Waals surface area contributed by atoms with Crippen LogP contribution in [0.25, 0.3) is 11.3 Å². The van der Waals surface area contributed by atoms with E-state index in [2.05, 4.69) is 25.5 Å². The molecule has 1 N–H and O–H groups in total. The Balaban J connectivity index is 2.04. The molecular formula is C14H14F2N6O. The number of alkyl halides is 2. The van der Waals surface area contributed by atoms with Crippen LogP contribution >= 0.6 is 0 Å². The molecule has 3 rings (SSSR count). The minimum absolute atomic E-state index is 0.0113. The molecule has 0 aliphatic heterocycles. The predicted molar refractivity (Wildman–Crippen MR) is 78.5 cm³/mol. The number of anilines is 2. The van der Waals surface area contributed by atoms with Crippen LogP contribution in [0, 0.1) is 13.8 Å². The van der Waals surface area contributed by atoms with Crippen LogP contribution in [0.5, 0.6) is 0 Å². The Morgan fingerprint density at radius 3 is 2.57 bits per heavy atom. The third kappa shape index (κ3) is 3.17. The lowest BCUT2D eigenvalue weighted by atomic mass is 10.1. The van der Waals surface area contributed by atoms with Crippen molar-refractivity contribution in [2.24, 2.45) is 7.05 Å². The molecule has 0 saturated carbocycles. The van der Waals surface area contributed by atoms with Gasteiger partial charge in [0.1, 0.15) is 5.69 Å². The number of halogens is 2. The summed E-state index contributed by atoms with van der Waals surface area (Å²) >= 11 is 0. The Morgan fingerprint density at radius 1 is 1.22 bits per heavy atom. The lowest BCUT2D eigenvalue weighted by Gasteiger charge is -2.07. The molecule has 0 fully saturated rings. The lowest BCUT2D eigenvalue weighted by Crippen LogP contribution is -2.02. The second kappa shape index (κ2) is 5.75. The Kier molecular flexibility index (Phi) is 3.77. The molecule has 0 amide bonds. The fourth-order valence-electron chi connectivity index (χ4n) is 2.16. The second-order valence-electron chi connectivity index (χ2n) is 5.06. The summed E-state index contributed by atoms with van der Waals surface area (Å²) in [6, 6.07) is 2.87. The molecule has 120 valence electrons. The number of hydrogen-bond acceptors (Lipinski definition) is 6. The summed E-state index contributed by atoms with van der Waals surface area (Å²) in [6.07, 6.45) is -0.999. The minimum Gasteiger partial charge on any atom is -0.338 e. The van der Waals surface area contributed by atoms with Gasteiger partial charge in [0.25, 0.3) is 6.43 Å². The van der Waals surface area contributed by atoms with Gasteiger partial charge in [0.15, 0.2) is 0 Å². The van der Waals surface area contributed by atoms with Crippen molar-refractivity contribution in [2.45, 2.75) is 20.3 Å². The molecule has 0 atom stereocenters. The highest BCUT2D eigenvalue weighted by Gasteiger charge is 2.17. The average molecular weight is 320 g/mol. The van der Waals surface area contributed by atoms with E-state index in [1.54, 1.807) is 37.8 Å². The van der Waals surface area contributed by atoms with Crippen molar-refractivity contribution in [3.8, 4) is 11.3 Å². The van der Waals surface area contributed by atoms with Crippen LogP contribution in [-0.4, -0.2) is 24.9 Å². The van der Waals surface area contributed by atoms with Crippen molar-refractivity contribution in [2.75, 3.05) is 5.32 Å². The zero-order chi connectivity index (χ0) is 16.6. The molecule has 0 aromatic carbocycles. The van der Waals surface area contributed by atoms with Crippen LogP contribution in [0.15, 0.2) is 22.9 Å². The van der Waals surface area contributed by atoms with Crippen LogP contribution in [0.1, 0.15) is 23.5 Å². The van der Waals surface area contributed by atoms with Gasteiger partial charge in [-0.1, -0.05) is 5.16 Å². The van der Waals surface area contributed by atoms with Crippen LogP contribution in [0.3, 0.4) is 0 Å². The number of hydrogen-bond donors (Lipinski definition) is 1. The van der Waals surface area contributed by atoms with Gasteiger partial charge in [-0.3, -0.25) is 10.00 Å². The highest BCUT2D eigenvalue weighted by Crippen LogP contribution is 2.27. The maximum atomic E-state index is 13.1. The van der Waals surface area contributed by atoms with Crippen molar-refractivity contribution in [3.63, 3.8) is 0 Å². The normalized spacial score (nSPS) is 11.2. The van der Waals surface area contributed by atoms with E-state index in [-0.39, 0.29) is 17.5 Å². The van der Waals surface area contributed by atoms with E-state index in [0.717, 1.165) is 0 Å². The van der Waals surface area contributed by atoms with E-state index in [4.69, 9.17) is 4.52 Å². The van der Waals surface area contributed by atoms with Crippen LogP contribution in [0.2, 0.25) is 0 Å². The first-order valence-corrected chi connectivity index (χ1v) is 6.80. The molecule has 3 heterocycles. The van der Waals surface area contributed by atoms with Gasteiger partial charge in [-0.05, 0) is 19.9 Å². The molecule has 0 aliphatic carbocycles. The summed E-state index contributed by atoms with van der Waals surface area (Å²) in [7, 11) is 1.75. The standard InChI is InChI=1S/C14H14F2N6O/c1-7-4-12(23-21-7)19-14-17-10(5-11(18-14)13(15)16)9-6-22(3)20-8(9)2/h4-6,13H,1-3H3,(H,17,18,19). The lowest BCUT2D eigenvalue weighted by molar-refractivity contribution is 0.146. The molecule has 0 spiro atoms. The molecule has 3 aromatic rings. The average Bonchev–Trinajstić information content (AvgIpc) is 3.03. The van der Waals surface area contributed by atoms with Crippen molar-refractivity contribution >= 4 is 11.8 Å². The summed E-state index contributed by atoms with van der Waals surface area (Å²) in [5, 5.41) is 10.7. The number of nitrogens with zero attached hydrogens (tertiary/aromatic N) is 5. The van der Waals surface area contributed by atoms with Crippen LogP contribution in [0.4, 0.5) is 20.6 Å². The van der Waals surface area contributed by atoms with E-state index in [1.807, 2.05) is 0 Å². The molecule has 0 bridgehead atoms. The maximum Gasteiger partial charge on any atom is 0.280 e. The van der Waals surface area contributed by atoms with Crippen LogP contribution < -0.4 is 5.32 Å². The van der Waals surface area contributed by atoms with Crippen molar-refractivity contribution in [3.05, 3.63) is 35.4 Å². The fourth-order valence-corrected chi connectivity index (χ4v) is 2.16. The monoisotopic (exact) mass is 320 g/mol. The van der Waals surface area contributed by atoms with E-state index in [1.165, 1.54) is 6.07 Å². The zero-order valence-electron chi connectivity index (χ0n) is 12.7. The van der Waals surface area contributed by atoms with Crippen molar-refractivity contribution < 1.29 is 13.3 Å². The van der Waals surface area contributed by atoms with Gasteiger partial charge in [-0.2, -0.15) is 5.10 Å². The molecule has 0 unspecified atom stereocenters. The second-order valence-corrected chi connectivity index (χ2v) is 5.06. The van der Waals surface area contributed by atoms with Gasteiger partial charge in [0.05, 0.1) is 17.1 Å². The SMILES string of the molecule is Cc1cc(Nc2nc(-c3cn(C)nc3C)cc(C(F)F)n2)on1. The molecule has 0 aliphatic rings. The van der Waals surface area contributed by atoms with Crippen molar-refractivity contribution in [1.82, 2.24) is 24.9 Å². The molecule has 0 radical (unpaired) electrons. The summed E-state index contributed by atoms with van der Waals surface area (Å²) < 4.78 is 32.8. The first kappa shape index (κ1) is 15.1. The molecule has 9 heteroatoms. The van der Waals surface area contributed by atoms with Gasteiger partial charge in [-0.25, -0.2) is 18.7 Å². The summed E-state index contributed by atoms with van der Waals surface area (Å²) in [5.74, 6) is 0.292. The van der Waals surface area contributed by atoms with Gasteiger partial charge in [-0.15, -0.1) is 0 Å². The predicted octanol–water partition coefficient (Wildman–Crippen LogP) is 3.16. The number of rotatable bonds is 4. The zero-order valence-corrected chi connectivity index (χ0v) is 12.7. The van der Waals surface area contributed by atoms with Crippen molar-refractivity contribution in [1.29, 1.82) is 0 Å².